The fourth-order valence-corrected chi connectivity index (χ4v) is 2.55. The molecule has 2 heterocycles. The Kier molecular flexibility index (Phi) is 4.29. The maximum absolute atomic E-state index is 12.2. The number of aliphatic hydroxyl groups is 1. The monoisotopic (exact) mass is 316 g/mol. The van der Waals surface area contributed by atoms with Gasteiger partial charge in [0.15, 0.2) is 0 Å². The van der Waals surface area contributed by atoms with E-state index in [1.54, 1.807) is 24.0 Å². The number of hydrogen-bond acceptors (Lipinski definition) is 5. The van der Waals surface area contributed by atoms with E-state index in [9.17, 15) is 9.90 Å². The summed E-state index contributed by atoms with van der Waals surface area (Å²) in [6.45, 7) is 4.76. The molecule has 0 saturated carbocycles. The predicted molar refractivity (Wildman–Crippen MR) is 84.9 cm³/mol. The number of nitrogens with one attached hydrogen (secondary N) is 1. The number of rotatable bonds is 2. The number of nitrogens with zero attached hydrogens (tertiary/aromatic N) is 3. The summed E-state index contributed by atoms with van der Waals surface area (Å²) in [5.41, 5.74) is 1.48. The summed E-state index contributed by atoms with van der Waals surface area (Å²) in [5.74, 6) is 1.19. The highest BCUT2D eigenvalue weighted by Crippen LogP contribution is 2.21. The Morgan fingerprint density at radius 3 is 2.70 bits per heavy atom. The number of carbonyl (C=O) groups is 1. The summed E-state index contributed by atoms with van der Waals surface area (Å²) >= 11 is 0. The van der Waals surface area contributed by atoms with E-state index in [4.69, 9.17) is 4.42 Å². The van der Waals surface area contributed by atoms with Crippen LogP contribution in [0.25, 0.3) is 11.5 Å². The lowest BCUT2D eigenvalue weighted by molar-refractivity contribution is 0.0464. The quantitative estimate of drug-likeness (QED) is 0.887. The summed E-state index contributed by atoms with van der Waals surface area (Å²) < 4.78 is 5.36. The molecule has 1 aromatic heterocycles. The molecule has 2 aromatic rings. The second-order valence-corrected chi connectivity index (χ2v) is 5.91. The Labute approximate surface area is 134 Å². The second kappa shape index (κ2) is 6.37. The fraction of sp³-hybridized carbons (Fsp3) is 0.438. The van der Waals surface area contributed by atoms with Gasteiger partial charge in [-0.2, -0.15) is 0 Å². The molecule has 1 saturated heterocycles. The van der Waals surface area contributed by atoms with Gasteiger partial charge in [0.2, 0.25) is 11.8 Å². The fourth-order valence-electron chi connectivity index (χ4n) is 2.55. The zero-order valence-corrected chi connectivity index (χ0v) is 13.2. The topological polar surface area (TPSA) is 91.5 Å². The highest BCUT2D eigenvalue weighted by molar-refractivity contribution is 5.89. The molecular formula is C16H20N4O3. The Morgan fingerprint density at radius 1 is 1.35 bits per heavy atom. The second-order valence-electron chi connectivity index (χ2n) is 5.91. The number of urea groups is 1. The van der Waals surface area contributed by atoms with Crippen LogP contribution in [-0.4, -0.2) is 45.4 Å². The molecule has 1 aromatic carbocycles. The lowest BCUT2D eigenvalue weighted by Gasteiger charge is -2.34. The average molecular weight is 316 g/mol. The molecule has 0 aliphatic carbocycles. The first-order valence-corrected chi connectivity index (χ1v) is 7.67. The minimum atomic E-state index is -0.461. The van der Waals surface area contributed by atoms with Crippen LogP contribution < -0.4 is 5.32 Å². The van der Waals surface area contributed by atoms with Crippen molar-refractivity contribution >= 4 is 11.7 Å². The van der Waals surface area contributed by atoms with Gasteiger partial charge in [-0.15, -0.1) is 10.2 Å². The summed E-state index contributed by atoms with van der Waals surface area (Å²) in [5, 5.41) is 20.5. The van der Waals surface area contributed by atoms with Crippen molar-refractivity contribution in [1.82, 2.24) is 15.1 Å². The lowest BCUT2D eigenvalue weighted by Crippen LogP contribution is -2.47. The van der Waals surface area contributed by atoms with Crippen LogP contribution in [0.4, 0.5) is 10.5 Å². The van der Waals surface area contributed by atoms with E-state index in [0.29, 0.717) is 30.6 Å². The Bertz CT molecular complexity index is 683. The van der Waals surface area contributed by atoms with E-state index in [1.165, 1.54) is 0 Å². The van der Waals surface area contributed by atoms with Crippen LogP contribution >= 0.6 is 0 Å². The Hall–Kier alpha value is -2.41. The van der Waals surface area contributed by atoms with Gasteiger partial charge < -0.3 is 19.7 Å². The lowest BCUT2D eigenvalue weighted by atomic mass is 9.96. The zero-order valence-electron chi connectivity index (χ0n) is 13.2. The van der Waals surface area contributed by atoms with Crippen molar-refractivity contribution in [1.29, 1.82) is 0 Å². The number of hydrogen-bond donors (Lipinski definition) is 2. The number of β-amino-alcohol motifs (C(OH)–C–C–N with tert-alkyl or cyclic N) is 1. The summed E-state index contributed by atoms with van der Waals surface area (Å²) in [6.07, 6.45) is 0.349. The summed E-state index contributed by atoms with van der Waals surface area (Å²) in [6, 6.07) is 7.01. The largest absolute Gasteiger partial charge is 0.421 e. The molecule has 0 bridgehead atoms. The third kappa shape index (κ3) is 3.50. The van der Waals surface area contributed by atoms with Gasteiger partial charge in [-0.05, 0) is 36.6 Å². The van der Waals surface area contributed by atoms with Gasteiger partial charge in [-0.3, -0.25) is 0 Å². The van der Waals surface area contributed by atoms with Gasteiger partial charge in [0.25, 0.3) is 0 Å². The number of carbonyl (C=O) groups excluding carboxylic acids is 1. The van der Waals surface area contributed by atoms with Crippen molar-refractivity contribution in [2.24, 2.45) is 5.92 Å². The number of aryl methyl sites for hydroxylation is 1. The molecule has 2 amide bonds. The van der Waals surface area contributed by atoms with Crippen LogP contribution in [-0.2, 0) is 0 Å². The van der Waals surface area contributed by atoms with Crippen molar-refractivity contribution < 1.29 is 14.3 Å². The normalized spacial score (nSPS) is 21.3. The number of aromatic nitrogens is 2. The Morgan fingerprint density at radius 2 is 2.09 bits per heavy atom. The molecule has 0 spiro atoms. The van der Waals surface area contributed by atoms with Gasteiger partial charge in [-0.25, -0.2) is 4.79 Å². The Balaban J connectivity index is 1.63. The highest BCUT2D eigenvalue weighted by Gasteiger charge is 2.27. The molecule has 122 valence electrons. The van der Waals surface area contributed by atoms with Crippen LogP contribution in [0.3, 0.4) is 0 Å². The number of likely N-dealkylation sites (tertiary alicyclic amines) is 1. The van der Waals surface area contributed by atoms with Crippen molar-refractivity contribution in [3.63, 3.8) is 0 Å². The van der Waals surface area contributed by atoms with E-state index < -0.39 is 6.10 Å². The predicted octanol–water partition coefficient (Wildman–Crippen LogP) is 2.28. The summed E-state index contributed by atoms with van der Waals surface area (Å²) in [4.78, 5) is 13.9. The summed E-state index contributed by atoms with van der Waals surface area (Å²) in [7, 11) is 0. The number of piperidine rings is 1. The number of amides is 2. The molecule has 1 aliphatic rings. The van der Waals surface area contributed by atoms with Crippen LogP contribution in [0.2, 0.25) is 0 Å². The van der Waals surface area contributed by atoms with E-state index >= 15 is 0 Å². The van der Waals surface area contributed by atoms with E-state index in [-0.39, 0.29) is 11.9 Å². The third-order valence-electron chi connectivity index (χ3n) is 4.12. The average Bonchev–Trinajstić information content (AvgIpc) is 2.97. The number of anilines is 1. The molecule has 1 fully saturated rings. The first-order valence-electron chi connectivity index (χ1n) is 7.67. The van der Waals surface area contributed by atoms with Crippen LogP contribution in [0.1, 0.15) is 19.2 Å². The van der Waals surface area contributed by atoms with E-state index in [0.717, 1.165) is 12.0 Å². The highest BCUT2D eigenvalue weighted by atomic mass is 16.4. The maximum Gasteiger partial charge on any atom is 0.321 e. The molecule has 7 nitrogen and oxygen atoms in total. The van der Waals surface area contributed by atoms with Crippen LogP contribution in [0.15, 0.2) is 28.7 Å². The first kappa shape index (κ1) is 15.5. The molecule has 0 radical (unpaired) electrons. The standard InChI is InChI=1S/C16H20N4O3/c1-10-7-8-20(9-14(10)21)16(22)17-13-5-3-12(4-6-13)15-19-18-11(2)23-15/h3-6,10,14,21H,7-9H2,1-2H3,(H,17,22). The van der Waals surface area contributed by atoms with Gasteiger partial charge >= 0.3 is 6.03 Å². The SMILES string of the molecule is Cc1nnc(-c2ccc(NC(=O)N3CCC(C)C(O)C3)cc2)o1. The van der Waals surface area contributed by atoms with Crippen LogP contribution in [0.5, 0.6) is 0 Å². The van der Waals surface area contributed by atoms with Gasteiger partial charge in [0.05, 0.1) is 6.10 Å². The molecule has 2 N–H and O–H groups in total. The van der Waals surface area contributed by atoms with Gasteiger partial charge in [-0.1, -0.05) is 6.92 Å². The van der Waals surface area contributed by atoms with Crippen molar-refractivity contribution in [3.8, 4) is 11.5 Å². The molecule has 2 atom stereocenters. The van der Waals surface area contributed by atoms with Gasteiger partial charge in [0, 0.05) is 31.3 Å². The maximum atomic E-state index is 12.2. The van der Waals surface area contributed by atoms with Gasteiger partial charge in [0.1, 0.15) is 0 Å². The van der Waals surface area contributed by atoms with Crippen molar-refractivity contribution in [2.75, 3.05) is 18.4 Å². The number of benzene rings is 1. The van der Waals surface area contributed by atoms with Crippen molar-refractivity contribution in [3.05, 3.63) is 30.2 Å². The molecule has 23 heavy (non-hydrogen) atoms. The molecule has 7 heteroatoms. The minimum absolute atomic E-state index is 0.197. The molecule has 2 unspecified atom stereocenters. The van der Waals surface area contributed by atoms with E-state index in [1.807, 2.05) is 19.1 Å². The third-order valence-corrected chi connectivity index (χ3v) is 4.12. The molecular weight excluding hydrogens is 296 g/mol. The minimum Gasteiger partial charge on any atom is -0.421 e. The first-order chi connectivity index (χ1) is 11.0. The molecule has 1 aliphatic heterocycles. The smallest absolute Gasteiger partial charge is 0.321 e. The zero-order chi connectivity index (χ0) is 16.4. The van der Waals surface area contributed by atoms with Crippen LogP contribution in [0, 0.1) is 12.8 Å². The number of aliphatic hydroxyl groups excluding tert-OH is 1. The van der Waals surface area contributed by atoms with E-state index in [2.05, 4.69) is 15.5 Å². The molecule has 3 rings (SSSR count). The van der Waals surface area contributed by atoms with Crippen molar-refractivity contribution in [2.45, 2.75) is 26.4 Å².